The topological polar surface area (TPSA) is 76.8 Å². The Morgan fingerprint density at radius 1 is 0.968 bits per heavy atom. The predicted octanol–water partition coefficient (Wildman–Crippen LogP) is 4.28. The number of halogens is 1. The van der Waals surface area contributed by atoms with E-state index in [9.17, 15) is 13.2 Å². The molecule has 1 aromatic heterocycles. The molecular formula is C23H20ClNO5S. The number of rotatable bonds is 6. The molecule has 0 aliphatic carbocycles. The highest BCUT2D eigenvalue weighted by molar-refractivity contribution is 8.00. The van der Waals surface area contributed by atoms with Crippen LogP contribution in [0.4, 0.5) is 0 Å². The van der Waals surface area contributed by atoms with Crippen LogP contribution >= 0.6 is 11.6 Å². The van der Waals surface area contributed by atoms with Crippen LogP contribution in [0.5, 0.6) is 0 Å². The number of ether oxygens (including phenoxy) is 1. The summed E-state index contributed by atoms with van der Waals surface area (Å²) in [5.74, 6) is -0.355. The minimum Gasteiger partial charge on any atom is -0.486 e. The van der Waals surface area contributed by atoms with Crippen molar-refractivity contribution in [3.63, 3.8) is 0 Å². The monoisotopic (exact) mass is 457 g/mol. The molecule has 0 radical (unpaired) electrons. The first kappa shape index (κ1) is 21.2. The van der Waals surface area contributed by atoms with Crippen molar-refractivity contribution in [1.82, 2.24) is 4.90 Å². The van der Waals surface area contributed by atoms with Crippen LogP contribution in [0.2, 0.25) is 5.02 Å². The van der Waals surface area contributed by atoms with Gasteiger partial charge < -0.3 is 14.1 Å². The Hall–Kier alpha value is -3.03. The van der Waals surface area contributed by atoms with Gasteiger partial charge in [0.15, 0.2) is 9.84 Å². The number of hydrogen-bond donors (Lipinski definition) is 0. The van der Waals surface area contributed by atoms with E-state index in [-0.39, 0.29) is 36.1 Å². The van der Waals surface area contributed by atoms with Gasteiger partial charge in [-0.1, -0.05) is 60.1 Å². The van der Waals surface area contributed by atoms with E-state index < -0.39 is 15.7 Å². The van der Waals surface area contributed by atoms with Crippen molar-refractivity contribution in [2.45, 2.75) is 13.1 Å². The van der Waals surface area contributed by atoms with Crippen LogP contribution in [0, 0.1) is 0 Å². The third kappa shape index (κ3) is 4.68. The highest BCUT2D eigenvalue weighted by Crippen LogP contribution is 2.32. The second kappa shape index (κ2) is 8.99. The summed E-state index contributed by atoms with van der Waals surface area (Å²) in [4.78, 5) is 15.0. The van der Waals surface area contributed by atoms with Gasteiger partial charge in [0.1, 0.15) is 17.3 Å². The molecule has 0 N–H and O–H groups in total. The molecule has 6 nitrogen and oxygen atoms in total. The number of sulfone groups is 1. The Labute approximate surface area is 185 Å². The molecule has 0 bridgehead atoms. The van der Waals surface area contributed by atoms with E-state index in [1.165, 1.54) is 11.2 Å². The van der Waals surface area contributed by atoms with Gasteiger partial charge in [0.25, 0.3) is 5.91 Å². The molecule has 0 atom stereocenters. The van der Waals surface area contributed by atoms with E-state index in [0.717, 1.165) is 5.56 Å². The number of furan rings is 1. The van der Waals surface area contributed by atoms with Crippen molar-refractivity contribution >= 4 is 32.3 Å². The second-order valence-electron chi connectivity index (χ2n) is 7.02. The highest BCUT2D eigenvalue weighted by atomic mass is 35.5. The molecule has 1 aliphatic rings. The van der Waals surface area contributed by atoms with Gasteiger partial charge in [-0.3, -0.25) is 4.79 Å². The third-order valence-corrected chi connectivity index (χ3v) is 6.99. The first-order valence-electron chi connectivity index (χ1n) is 9.66. The van der Waals surface area contributed by atoms with E-state index in [0.29, 0.717) is 16.3 Å². The molecule has 31 heavy (non-hydrogen) atoms. The Morgan fingerprint density at radius 2 is 1.71 bits per heavy atom. The average Bonchev–Trinajstić information content (AvgIpc) is 3.27. The van der Waals surface area contributed by atoms with E-state index in [2.05, 4.69) is 0 Å². The van der Waals surface area contributed by atoms with Gasteiger partial charge in [-0.05, 0) is 29.3 Å². The summed E-state index contributed by atoms with van der Waals surface area (Å²) in [5, 5.41) is 0.509. The summed E-state index contributed by atoms with van der Waals surface area (Å²) in [6.07, 6.45) is 1.52. The van der Waals surface area contributed by atoms with Crippen LogP contribution in [0.1, 0.15) is 16.9 Å². The molecule has 0 saturated carbocycles. The van der Waals surface area contributed by atoms with Gasteiger partial charge in [0.2, 0.25) is 5.76 Å². The van der Waals surface area contributed by atoms with E-state index in [1.807, 2.05) is 12.1 Å². The van der Waals surface area contributed by atoms with Gasteiger partial charge in [0.05, 0.1) is 18.6 Å². The molecule has 0 fully saturated rings. The summed E-state index contributed by atoms with van der Waals surface area (Å²) in [6.45, 7) is 0.209. The minimum absolute atomic E-state index is 0.0829. The standard InChI is InChI=1S/C23H20ClNO5S/c24-20-11-5-4-9-18(20)15-25(16-19-10-6-12-29-19)23(26)21-22(17-7-2-1-3-8-17)31(27,28)14-13-30-21/h1-12H,13-16H2. The van der Waals surface area contributed by atoms with Crippen LogP contribution in [0.25, 0.3) is 4.91 Å². The van der Waals surface area contributed by atoms with Gasteiger partial charge >= 0.3 is 0 Å². The first-order chi connectivity index (χ1) is 15.0. The number of carbonyl (C=O) groups is 1. The summed E-state index contributed by atoms with van der Waals surface area (Å²) >= 11 is 6.31. The van der Waals surface area contributed by atoms with E-state index >= 15 is 0 Å². The zero-order valence-corrected chi connectivity index (χ0v) is 18.1. The molecule has 8 heteroatoms. The average molecular weight is 458 g/mol. The molecule has 2 heterocycles. The predicted molar refractivity (Wildman–Crippen MR) is 118 cm³/mol. The molecule has 0 unspecified atom stereocenters. The second-order valence-corrected chi connectivity index (χ2v) is 9.48. The molecule has 3 aromatic rings. The Balaban J connectivity index is 1.78. The lowest BCUT2D eigenvalue weighted by molar-refractivity contribution is -0.132. The summed E-state index contributed by atoms with van der Waals surface area (Å²) in [7, 11) is -3.69. The lowest BCUT2D eigenvalue weighted by atomic mass is 10.1. The quantitative estimate of drug-likeness (QED) is 0.552. The molecule has 0 spiro atoms. The number of amides is 1. The Kier molecular flexibility index (Phi) is 6.15. The summed E-state index contributed by atoms with van der Waals surface area (Å²) in [5.41, 5.74) is 1.14. The van der Waals surface area contributed by atoms with Crippen molar-refractivity contribution in [3.8, 4) is 0 Å². The fourth-order valence-corrected chi connectivity index (χ4v) is 5.01. The van der Waals surface area contributed by atoms with Crippen molar-refractivity contribution in [3.05, 3.63) is 101 Å². The van der Waals surface area contributed by atoms with Crippen LogP contribution in [-0.4, -0.2) is 31.6 Å². The number of hydrogen-bond acceptors (Lipinski definition) is 5. The normalized spacial score (nSPS) is 15.4. The minimum atomic E-state index is -3.69. The zero-order chi connectivity index (χ0) is 21.8. The Morgan fingerprint density at radius 3 is 2.42 bits per heavy atom. The molecule has 2 aromatic carbocycles. The van der Waals surface area contributed by atoms with Gasteiger partial charge in [-0.2, -0.15) is 0 Å². The van der Waals surface area contributed by atoms with Crippen molar-refractivity contribution in [2.75, 3.05) is 12.4 Å². The van der Waals surface area contributed by atoms with Crippen LogP contribution in [0.3, 0.4) is 0 Å². The zero-order valence-electron chi connectivity index (χ0n) is 16.5. The summed E-state index contributed by atoms with van der Waals surface area (Å²) < 4.78 is 36.9. The smallest absolute Gasteiger partial charge is 0.291 e. The van der Waals surface area contributed by atoms with E-state index in [4.69, 9.17) is 20.8 Å². The van der Waals surface area contributed by atoms with Gasteiger partial charge in [-0.25, -0.2) is 8.42 Å². The Bertz CT molecular complexity index is 1200. The fourth-order valence-electron chi connectivity index (χ4n) is 3.39. The summed E-state index contributed by atoms with van der Waals surface area (Å²) in [6, 6.07) is 19.2. The molecule has 1 aliphatic heterocycles. The van der Waals surface area contributed by atoms with Gasteiger partial charge in [-0.15, -0.1) is 0 Å². The molecule has 1 amide bonds. The lowest BCUT2D eigenvalue weighted by Crippen LogP contribution is -2.35. The van der Waals surface area contributed by atoms with Crippen LogP contribution < -0.4 is 0 Å². The van der Waals surface area contributed by atoms with Crippen LogP contribution in [-0.2, 0) is 32.5 Å². The number of benzene rings is 2. The molecule has 160 valence electrons. The van der Waals surface area contributed by atoms with E-state index in [1.54, 1.807) is 54.6 Å². The van der Waals surface area contributed by atoms with Crippen molar-refractivity contribution < 1.29 is 22.4 Å². The fraction of sp³-hybridized carbons (Fsp3) is 0.174. The molecular weight excluding hydrogens is 438 g/mol. The lowest BCUT2D eigenvalue weighted by Gasteiger charge is -2.27. The van der Waals surface area contributed by atoms with Crippen molar-refractivity contribution in [1.29, 1.82) is 0 Å². The molecule has 4 rings (SSSR count). The molecule has 0 saturated heterocycles. The maximum atomic E-state index is 13.6. The number of carbonyl (C=O) groups excluding carboxylic acids is 1. The largest absolute Gasteiger partial charge is 0.486 e. The third-order valence-electron chi connectivity index (χ3n) is 4.88. The van der Waals surface area contributed by atoms with Gasteiger partial charge in [0, 0.05) is 11.6 Å². The highest BCUT2D eigenvalue weighted by Gasteiger charge is 2.35. The SMILES string of the molecule is O=C(C1=C(c2ccccc2)S(=O)(=O)CCO1)N(Cc1ccco1)Cc1ccccc1Cl. The van der Waals surface area contributed by atoms with Crippen LogP contribution in [0.15, 0.2) is 83.2 Å². The maximum absolute atomic E-state index is 13.6. The van der Waals surface area contributed by atoms with Crippen molar-refractivity contribution in [2.24, 2.45) is 0 Å². The number of nitrogens with zero attached hydrogens (tertiary/aromatic N) is 1. The first-order valence-corrected chi connectivity index (χ1v) is 11.7. The maximum Gasteiger partial charge on any atom is 0.291 e.